The Morgan fingerprint density at radius 1 is 1.59 bits per heavy atom. The third kappa shape index (κ3) is 2.87. The number of carbonyl (C=O) groups excluding carboxylic acids is 1. The fraction of sp³-hybridized carbons (Fsp3) is 0.357. The zero-order valence-electron chi connectivity index (χ0n) is 10.1. The molecule has 1 unspecified atom stereocenters. The molecule has 0 bridgehead atoms. The smallest absolute Gasteiger partial charge is 0.243 e. The highest BCUT2D eigenvalue weighted by Crippen LogP contribution is 2.21. The van der Waals surface area contributed by atoms with Gasteiger partial charge in [0.25, 0.3) is 0 Å². The van der Waals surface area contributed by atoms with Crippen LogP contribution in [0.3, 0.4) is 0 Å². The maximum absolute atomic E-state index is 11.2. The molecule has 1 aliphatic heterocycles. The average Bonchev–Trinajstić information content (AvgIpc) is 2.77. The molecule has 3 heteroatoms. The molecule has 1 aromatic carbocycles. The van der Waals surface area contributed by atoms with E-state index >= 15 is 0 Å². The molecule has 1 N–H and O–H groups in total. The lowest BCUT2D eigenvalue weighted by Crippen LogP contribution is -2.36. The van der Waals surface area contributed by atoms with E-state index in [1.165, 1.54) is 17.3 Å². The predicted octanol–water partition coefficient (Wildman–Crippen LogP) is 1.88. The number of nitrogens with zero attached hydrogens (tertiary/aromatic N) is 1. The second-order valence-electron chi connectivity index (χ2n) is 4.48. The van der Waals surface area contributed by atoms with Gasteiger partial charge in [-0.25, -0.2) is 0 Å². The van der Waals surface area contributed by atoms with Crippen LogP contribution < -0.4 is 10.2 Å². The van der Waals surface area contributed by atoms with Gasteiger partial charge >= 0.3 is 0 Å². The fourth-order valence-corrected chi connectivity index (χ4v) is 2.20. The van der Waals surface area contributed by atoms with Gasteiger partial charge in [-0.15, -0.1) is 0 Å². The van der Waals surface area contributed by atoms with Gasteiger partial charge < -0.3 is 10.2 Å². The van der Waals surface area contributed by atoms with Crippen molar-refractivity contribution < 1.29 is 4.79 Å². The molecule has 90 valence electrons. The Morgan fingerprint density at radius 3 is 3.12 bits per heavy atom. The molecule has 2 rings (SSSR count). The maximum Gasteiger partial charge on any atom is 0.243 e. The largest absolute Gasteiger partial charge is 0.369 e. The average molecular weight is 230 g/mol. The Morgan fingerprint density at radius 2 is 2.41 bits per heavy atom. The molecule has 17 heavy (non-hydrogen) atoms. The molecule has 3 nitrogen and oxygen atoms in total. The minimum Gasteiger partial charge on any atom is -0.369 e. The zero-order valence-corrected chi connectivity index (χ0v) is 10.1. The first kappa shape index (κ1) is 11.7. The molecule has 0 aliphatic carbocycles. The summed E-state index contributed by atoms with van der Waals surface area (Å²) in [5.41, 5.74) is 2.50. The highest BCUT2D eigenvalue weighted by molar-refractivity contribution is 5.87. The van der Waals surface area contributed by atoms with Gasteiger partial charge in [0.05, 0.1) is 0 Å². The summed E-state index contributed by atoms with van der Waals surface area (Å²) in [6.07, 6.45) is 2.32. The first-order valence-corrected chi connectivity index (χ1v) is 5.93. The summed E-state index contributed by atoms with van der Waals surface area (Å²) in [5, 5.41) is 2.94. The van der Waals surface area contributed by atoms with Gasteiger partial charge in [-0.05, 0) is 37.1 Å². The number of aryl methyl sites for hydroxylation is 1. The molecule has 0 saturated carbocycles. The first-order valence-electron chi connectivity index (χ1n) is 5.93. The standard InChI is InChI=1S/C14H18N2O/c1-3-14(17)15-12-7-8-16(10-12)13-6-4-5-11(2)9-13/h3-6,9,12H,1,7-8,10H2,2H3,(H,15,17). The number of rotatable bonds is 3. The van der Waals surface area contributed by atoms with Crippen LogP contribution in [0.2, 0.25) is 0 Å². The number of nitrogens with one attached hydrogen (secondary N) is 1. The molecule has 1 fully saturated rings. The maximum atomic E-state index is 11.2. The Balaban J connectivity index is 1.98. The Labute approximate surface area is 102 Å². The molecular formula is C14H18N2O. The van der Waals surface area contributed by atoms with E-state index in [-0.39, 0.29) is 11.9 Å². The van der Waals surface area contributed by atoms with Crippen molar-refractivity contribution in [3.05, 3.63) is 42.5 Å². The van der Waals surface area contributed by atoms with E-state index in [1.54, 1.807) is 0 Å². The molecular weight excluding hydrogens is 212 g/mol. The van der Waals surface area contributed by atoms with Gasteiger partial charge in [-0.3, -0.25) is 4.79 Å². The van der Waals surface area contributed by atoms with E-state index in [1.807, 2.05) is 0 Å². The van der Waals surface area contributed by atoms with Crippen molar-refractivity contribution in [2.45, 2.75) is 19.4 Å². The molecule has 1 atom stereocenters. The number of anilines is 1. The summed E-state index contributed by atoms with van der Waals surface area (Å²) in [7, 11) is 0. The second-order valence-corrected chi connectivity index (χ2v) is 4.48. The van der Waals surface area contributed by atoms with Crippen LogP contribution in [0, 0.1) is 6.92 Å². The van der Waals surface area contributed by atoms with E-state index in [2.05, 4.69) is 48.0 Å². The number of hydrogen-bond donors (Lipinski definition) is 1. The minimum absolute atomic E-state index is 0.0823. The molecule has 1 heterocycles. The first-order chi connectivity index (χ1) is 8.19. The van der Waals surface area contributed by atoms with Crippen molar-refractivity contribution in [2.24, 2.45) is 0 Å². The lowest BCUT2D eigenvalue weighted by Gasteiger charge is -2.19. The van der Waals surface area contributed by atoms with E-state index in [4.69, 9.17) is 0 Å². The topological polar surface area (TPSA) is 32.3 Å². The van der Waals surface area contributed by atoms with Gasteiger partial charge in [0.2, 0.25) is 5.91 Å². The van der Waals surface area contributed by atoms with Crippen LogP contribution in [-0.2, 0) is 4.79 Å². The summed E-state index contributed by atoms with van der Waals surface area (Å²) in [5.74, 6) is -0.0823. The van der Waals surface area contributed by atoms with E-state index in [0.29, 0.717) is 0 Å². The molecule has 1 aliphatic rings. The lowest BCUT2D eigenvalue weighted by molar-refractivity contribution is -0.117. The molecule has 1 saturated heterocycles. The number of benzene rings is 1. The van der Waals surface area contributed by atoms with Crippen molar-refractivity contribution in [2.75, 3.05) is 18.0 Å². The summed E-state index contributed by atoms with van der Waals surface area (Å²) >= 11 is 0. The van der Waals surface area contributed by atoms with Gasteiger partial charge in [0.15, 0.2) is 0 Å². The molecule has 1 aromatic rings. The summed E-state index contributed by atoms with van der Waals surface area (Å²) in [6, 6.07) is 8.69. The van der Waals surface area contributed by atoms with Crippen LogP contribution in [-0.4, -0.2) is 25.0 Å². The summed E-state index contributed by atoms with van der Waals surface area (Å²) in [4.78, 5) is 13.5. The van der Waals surface area contributed by atoms with E-state index in [9.17, 15) is 4.79 Å². The van der Waals surface area contributed by atoms with Crippen molar-refractivity contribution in [3.63, 3.8) is 0 Å². The zero-order chi connectivity index (χ0) is 12.3. The van der Waals surface area contributed by atoms with Crippen LogP contribution in [0.1, 0.15) is 12.0 Å². The molecule has 0 radical (unpaired) electrons. The SMILES string of the molecule is C=CC(=O)NC1CCN(c2cccc(C)c2)C1. The molecule has 0 aromatic heterocycles. The van der Waals surface area contributed by atoms with Gasteiger partial charge in [0, 0.05) is 24.8 Å². The van der Waals surface area contributed by atoms with Crippen LogP contribution in [0.25, 0.3) is 0 Å². The minimum atomic E-state index is -0.0823. The normalized spacial score (nSPS) is 19.1. The summed E-state index contributed by atoms with van der Waals surface area (Å²) < 4.78 is 0. The Kier molecular flexibility index (Phi) is 3.47. The number of hydrogen-bond acceptors (Lipinski definition) is 2. The fourth-order valence-electron chi connectivity index (χ4n) is 2.20. The predicted molar refractivity (Wildman–Crippen MR) is 70.1 cm³/mol. The number of amides is 1. The lowest BCUT2D eigenvalue weighted by atomic mass is 10.2. The van der Waals surface area contributed by atoms with E-state index in [0.717, 1.165) is 19.5 Å². The van der Waals surface area contributed by atoms with Crippen molar-refractivity contribution >= 4 is 11.6 Å². The van der Waals surface area contributed by atoms with Crippen LogP contribution in [0.15, 0.2) is 36.9 Å². The highest BCUT2D eigenvalue weighted by atomic mass is 16.1. The van der Waals surface area contributed by atoms with Crippen molar-refractivity contribution in [3.8, 4) is 0 Å². The van der Waals surface area contributed by atoms with Gasteiger partial charge in [-0.2, -0.15) is 0 Å². The Bertz CT molecular complexity index is 428. The van der Waals surface area contributed by atoms with Crippen molar-refractivity contribution in [1.82, 2.24) is 5.32 Å². The molecule has 0 spiro atoms. The highest BCUT2D eigenvalue weighted by Gasteiger charge is 2.23. The van der Waals surface area contributed by atoms with E-state index < -0.39 is 0 Å². The number of carbonyl (C=O) groups is 1. The molecule has 1 amide bonds. The second kappa shape index (κ2) is 5.04. The van der Waals surface area contributed by atoms with Gasteiger partial charge in [-0.1, -0.05) is 18.7 Å². The van der Waals surface area contributed by atoms with Crippen LogP contribution >= 0.6 is 0 Å². The quantitative estimate of drug-likeness (QED) is 0.804. The monoisotopic (exact) mass is 230 g/mol. The third-order valence-corrected chi connectivity index (χ3v) is 3.09. The Hall–Kier alpha value is -1.77. The van der Waals surface area contributed by atoms with Gasteiger partial charge in [0.1, 0.15) is 0 Å². The van der Waals surface area contributed by atoms with Crippen LogP contribution in [0.4, 0.5) is 5.69 Å². The summed E-state index contributed by atoms with van der Waals surface area (Å²) in [6.45, 7) is 7.43. The van der Waals surface area contributed by atoms with Crippen LogP contribution in [0.5, 0.6) is 0 Å². The third-order valence-electron chi connectivity index (χ3n) is 3.09. The van der Waals surface area contributed by atoms with Crippen molar-refractivity contribution in [1.29, 1.82) is 0 Å².